The lowest BCUT2D eigenvalue weighted by molar-refractivity contribution is 0.103. The van der Waals surface area contributed by atoms with Gasteiger partial charge < -0.3 is 5.32 Å². The zero-order valence-corrected chi connectivity index (χ0v) is 12.6. The van der Waals surface area contributed by atoms with Crippen molar-refractivity contribution in [2.75, 3.05) is 5.32 Å². The lowest BCUT2D eigenvalue weighted by Crippen LogP contribution is -2.11. The van der Waals surface area contributed by atoms with Crippen molar-refractivity contribution in [1.29, 1.82) is 0 Å². The molecular formula is C11H5Br2F2NOS. The number of benzene rings is 1. The van der Waals surface area contributed by atoms with E-state index >= 15 is 0 Å². The summed E-state index contributed by atoms with van der Waals surface area (Å²) in [5.74, 6) is -1.82. The smallest absolute Gasteiger partial charge is 0.265 e. The number of amides is 1. The molecular weight excluding hydrogens is 392 g/mol. The van der Waals surface area contributed by atoms with Crippen LogP contribution in [-0.4, -0.2) is 5.91 Å². The number of thiophene rings is 1. The van der Waals surface area contributed by atoms with Gasteiger partial charge in [0.15, 0.2) is 0 Å². The zero-order valence-electron chi connectivity index (χ0n) is 8.64. The Labute approximate surface area is 122 Å². The Morgan fingerprint density at radius 2 is 1.89 bits per heavy atom. The maximum absolute atomic E-state index is 13.5. The molecule has 0 aliphatic rings. The quantitative estimate of drug-likeness (QED) is 0.725. The largest absolute Gasteiger partial charge is 0.319 e. The Morgan fingerprint density at radius 3 is 2.50 bits per heavy atom. The van der Waals surface area contributed by atoms with Crippen LogP contribution < -0.4 is 5.32 Å². The minimum Gasteiger partial charge on any atom is -0.319 e. The van der Waals surface area contributed by atoms with E-state index in [1.54, 1.807) is 12.1 Å². The second-order valence-electron chi connectivity index (χ2n) is 3.30. The summed E-state index contributed by atoms with van der Waals surface area (Å²) in [5, 5.41) is 2.32. The van der Waals surface area contributed by atoms with Crippen LogP contribution >= 0.6 is 43.2 Å². The number of carbonyl (C=O) groups is 1. The topological polar surface area (TPSA) is 29.1 Å². The Balaban J connectivity index is 2.24. The van der Waals surface area contributed by atoms with E-state index in [2.05, 4.69) is 37.2 Å². The average Bonchev–Trinajstić information content (AvgIpc) is 2.73. The normalized spacial score (nSPS) is 10.4. The highest BCUT2D eigenvalue weighted by Gasteiger charge is 2.13. The third-order valence-corrected chi connectivity index (χ3v) is 4.29. The number of hydrogen-bond donors (Lipinski definition) is 1. The molecule has 0 saturated carbocycles. The lowest BCUT2D eigenvalue weighted by Gasteiger charge is -2.06. The van der Waals surface area contributed by atoms with Gasteiger partial charge in [-0.05, 0) is 50.1 Å². The van der Waals surface area contributed by atoms with E-state index in [9.17, 15) is 13.6 Å². The minimum absolute atomic E-state index is 0.0110. The molecule has 0 fully saturated rings. The molecule has 0 atom stereocenters. The van der Waals surface area contributed by atoms with Crippen LogP contribution in [0.1, 0.15) is 9.67 Å². The Morgan fingerprint density at radius 1 is 1.17 bits per heavy atom. The molecule has 18 heavy (non-hydrogen) atoms. The molecule has 1 aromatic heterocycles. The second kappa shape index (κ2) is 5.46. The first-order valence-corrected chi connectivity index (χ1v) is 7.09. The highest BCUT2D eigenvalue weighted by atomic mass is 79.9. The molecule has 0 aliphatic heterocycles. The van der Waals surface area contributed by atoms with Crippen molar-refractivity contribution >= 4 is 54.8 Å². The van der Waals surface area contributed by atoms with Gasteiger partial charge in [-0.15, -0.1) is 11.3 Å². The molecule has 0 saturated heterocycles. The van der Waals surface area contributed by atoms with Crippen molar-refractivity contribution in [2.45, 2.75) is 0 Å². The van der Waals surface area contributed by atoms with Crippen LogP contribution in [-0.2, 0) is 0 Å². The van der Waals surface area contributed by atoms with Gasteiger partial charge in [0, 0.05) is 6.07 Å². The number of carbonyl (C=O) groups excluding carboxylic acids is 1. The first-order valence-electron chi connectivity index (χ1n) is 4.68. The minimum atomic E-state index is -0.702. The van der Waals surface area contributed by atoms with E-state index in [0.29, 0.717) is 4.88 Å². The van der Waals surface area contributed by atoms with Crippen molar-refractivity contribution in [3.8, 4) is 0 Å². The van der Waals surface area contributed by atoms with E-state index in [4.69, 9.17) is 0 Å². The first kappa shape index (κ1) is 13.6. The van der Waals surface area contributed by atoms with Crippen molar-refractivity contribution in [3.63, 3.8) is 0 Å². The predicted molar refractivity (Wildman–Crippen MR) is 74.0 cm³/mol. The lowest BCUT2D eigenvalue weighted by atomic mass is 10.3. The summed E-state index contributed by atoms with van der Waals surface area (Å²) < 4.78 is 27.5. The summed E-state index contributed by atoms with van der Waals surface area (Å²) in [6, 6.07) is 5.20. The third-order valence-electron chi connectivity index (χ3n) is 2.06. The van der Waals surface area contributed by atoms with Gasteiger partial charge >= 0.3 is 0 Å². The van der Waals surface area contributed by atoms with Gasteiger partial charge in [-0.3, -0.25) is 4.79 Å². The number of rotatable bonds is 2. The van der Waals surface area contributed by atoms with Gasteiger partial charge in [-0.25, -0.2) is 8.78 Å². The summed E-state index contributed by atoms with van der Waals surface area (Å²) in [5.41, 5.74) is -0.190. The molecule has 0 unspecified atom stereocenters. The van der Waals surface area contributed by atoms with Gasteiger partial charge in [-0.1, -0.05) is 0 Å². The molecule has 1 aromatic carbocycles. The highest BCUT2D eigenvalue weighted by molar-refractivity contribution is 9.11. The fraction of sp³-hybridized carbons (Fsp3) is 0. The van der Waals surface area contributed by atoms with E-state index in [-0.39, 0.29) is 10.2 Å². The van der Waals surface area contributed by atoms with Gasteiger partial charge in [-0.2, -0.15) is 0 Å². The number of anilines is 1. The highest BCUT2D eigenvalue weighted by Crippen LogP contribution is 2.26. The molecule has 1 amide bonds. The van der Waals surface area contributed by atoms with Crippen molar-refractivity contribution < 1.29 is 13.6 Å². The molecule has 0 spiro atoms. The summed E-state index contributed by atoms with van der Waals surface area (Å²) in [6.45, 7) is 0. The second-order valence-corrected chi connectivity index (χ2v) is 6.62. The molecule has 0 radical (unpaired) electrons. The summed E-state index contributed by atoms with van der Waals surface area (Å²) in [4.78, 5) is 12.2. The monoisotopic (exact) mass is 395 g/mol. The van der Waals surface area contributed by atoms with E-state index in [1.165, 1.54) is 11.3 Å². The molecule has 2 nitrogen and oxygen atoms in total. The van der Waals surface area contributed by atoms with Crippen LogP contribution in [0.3, 0.4) is 0 Å². The number of hydrogen-bond acceptors (Lipinski definition) is 2. The Bertz CT molecular complexity index is 615. The van der Waals surface area contributed by atoms with Crippen LogP contribution in [0.5, 0.6) is 0 Å². The average molecular weight is 397 g/mol. The number of nitrogens with one attached hydrogen (secondary N) is 1. The predicted octanol–water partition coefficient (Wildman–Crippen LogP) is 4.80. The Hall–Kier alpha value is -0.790. The van der Waals surface area contributed by atoms with E-state index in [0.717, 1.165) is 15.9 Å². The van der Waals surface area contributed by atoms with E-state index in [1.807, 2.05) is 0 Å². The summed E-state index contributed by atoms with van der Waals surface area (Å²) in [6.07, 6.45) is 0. The van der Waals surface area contributed by atoms with Gasteiger partial charge in [0.2, 0.25) is 0 Å². The van der Waals surface area contributed by atoms with Crippen molar-refractivity contribution in [2.24, 2.45) is 0 Å². The molecule has 0 aliphatic carbocycles. The maximum atomic E-state index is 13.5. The van der Waals surface area contributed by atoms with Gasteiger partial charge in [0.05, 0.1) is 18.8 Å². The summed E-state index contributed by atoms with van der Waals surface area (Å²) >= 11 is 7.29. The van der Waals surface area contributed by atoms with Crippen molar-refractivity contribution in [1.82, 2.24) is 0 Å². The van der Waals surface area contributed by atoms with Crippen LogP contribution in [0.15, 0.2) is 32.5 Å². The van der Waals surface area contributed by atoms with Gasteiger partial charge in [0.25, 0.3) is 5.91 Å². The first-order chi connectivity index (χ1) is 8.47. The van der Waals surface area contributed by atoms with Crippen LogP contribution in [0.2, 0.25) is 0 Å². The zero-order chi connectivity index (χ0) is 13.3. The van der Waals surface area contributed by atoms with E-state index < -0.39 is 17.5 Å². The maximum Gasteiger partial charge on any atom is 0.265 e. The fourth-order valence-corrected chi connectivity index (χ4v) is 2.84. The van der Waals surface area contributed by atoms with Crippen LogP contribution in [0, 0.1) is 11.6 Å². The third kappa shape index (κ3) is 2.96. The van der Waals surface area contributed by atoms with Crippen molar-refractivity contribution in [3.05, 3.63) is 49.0 Å². The number of halogens is 4. The standard InChI is InChI=1S/C11H5Br2F2NOS/c12-5-3-7(15)8(4-6(5)14)16-11(17)9-1-2-10(13)18-9/h1-4H,(H,16,17). The SMILES string of the molecule is O=C(Nc1cc(F)c(Br)cc1F)c1ccc(Br)s1. The summed E-state index contributed by atoms with van der Waals surface area (Å²) in [7, 11) is 0. The molecule has 2 aromatic rings. The molecule has 2 rings (SSSR count). The molecule has 94 valence electrons. The molecule has 7 heteroatoms. The molecule has 1 N–H and O–H groups in total. The van der Waals surface area contributed by atoms with Crippen LogP contribution in [0.4, 0.5) is 14.5 Å². The van der Waals surface area contributed by atoms with Crippen LogP contribution in [0.25, 0.3) is 0 Å². The molecule has 1 heterocycles. The Kier molecular flexibility index (Phi) is 4.14. The van der Waals surface area contributed by atoms with Gasteiger partial charge in [0.1, 0.15) is 11.6 Å². The fourth-order valence-electron chi connectivity index (χ4n) is 1.24. The molecule has 0 bridgehead atoms.